The summed E-state index contributed by atoms with van der Waals surface area (Å²) in [6, 6.07) is 11.6. The Labute approximate surface area is 163 Å². The van der Waals surface area contributed by atoms with E-state index < -0.39 is 0 Å². The molecule has 0 bridgehead atoms. The zero-order valence-electron chi connectivity index (χ0n) is 16.1. The van der Waals surface area contributed by atoms with E-state index >= 15 is 0 Å². The molecular weight excluding hydrogens is 356 g/mol. The third kappa shape index (κ3) is 4.14. The largest absolute Gasteiger partial charge is 0.489 e. The summed E-state index contributed by atoms with van der Waals surface area (Å²) >= 11 is 0. The molecule has 1 aliphatic rings. The standard InChI is InChI=1S/C21H24N4O3/c1-14(21-24-19-5-3-4-6-20(19)28-21)25-10-8-18(13-25)27-17-7-9-22-16(11-17)12-23-15(2)26/h3-7,9,11,14,18H,8,10,12-13H2,1-2H3,(H,23,26). The van der Waals surface area contributed by atoms with E-state index in [0.29, 0.717) is 6.54 Å². The first-order chi connectivity index (χ1) is 13.6. The number of carbonyl (C=O) groups is 1. The van der Waals surface area contributed by atoms with Gasteiger partial charge in [-0.2, -0.15) is 0 Å². The van der Waals surface area contributed by atoms with Crippen LogP contribution in [0.2, 0.25) is 0 Å². The number of nitrogens with one attached hydrogen (secondary N) is 1. The average molecular weight is 380 g/mol. The number of aromatic nitrogens is 2. The predicted molar refractivity (Wildman–Crippen MR) is 105 cm³/mol. The van der Waals surface area contributed by atoms with E-state index in [-0.39, 0.29) is 18.1 Å². The maximum atomic E-state index is 11.1. The van der Waals surface area contributed by atoms with E-state index in [0.717, 1.165) is 47.9 Å². The van der Waals surface area contributed by atoms with Gasteiger partial charge in [-0.05, 0) is 31.5 Å². The first kappa shape index (κ1) is 18.4. The topological polar surface area (TPSA) is 80.5 Å². The molecule has 1 amide bonds. The number of likely N-dealkylation sites (tertiary alicyclic amines) is 1. The first-order valence-corrected chi connectivity index (χ1v) is 9.54. The molecular formula is C21H24N4O3. The van der Waals surface area contributed by atoms with Gasteiger partial charge in [-0.1, -0.05) is 12.1 Å². The average Bonchev–Trinajstić information content (AvgIpc) is 3.33. The quantitative estimate of drug-likeness (QED) is 0.708. The van der Waals surface area contributed by atoms with E-state index in [9.17, 15) is 4.79 Å². The molecule has 0 aliphatic carbocycles. The SMILES string of the molecule is CC(=O)NCc1cc(OC2CCN(C(C)c3nc4ccccc4o3)C2)ccn1. The van der Waals surface area contributed by atoms with Crippen molar-refractivity contribution in [1.29, 1.82) is 0 Å². The van der Waals surface area contributed by atoms with Gasteiger partial charge in [0, 0.05) is 32.3 Å². The summed E-state index contributed by atoms with van der Waals surface area (Å²) in [7, 11) is 0. The van der Waals surface area contributed by atoms with Crippen LogP contribution in [0.5, 0.6) is 5.75 Å². The van der Waals surface area contributed by atoms with Gasteiger partial charge in [-0.25, -0.2) is 4.98 Å². The molecule has 1 aromatic carbocycles. The molecule has 1 N–H and O–H groups in total. The van der Waals surface area contributed by atoms with Crippen LogP contribution in [-0.4, -0.2) is 40.0 Å². The van der Waals surface area contributed by atoms with Crippen molar-refractivity contribution in [1.82, 2.24) is 20.2 Å². The molecule has 1 aliphatic heterocycles. The lowest BCUT2D eigenvalue weighted by molar-refractivity contribution is -0.119. The van der Waals surface area contributed by atoms with Crippen LogP contribution in [-0.2, 0) is 11.3 Å². The Hall–Kier alpha value is -2.93. The van der Waals surface area contributed by atoms with Gasteiger partial charge in [0.2, 0.25) is 11.8 Å². The summed E-state index contributed by atoms with van der Waals surface area (Å²) in [5.41, 5.74) is 2.49. The van der Waals surface area contributed by atoms with Crippen LogP contribution < -0.4 is 10.1 Å². The predicted octanol–water partition coefficient (Wildman–Crippen LogP) is 3.07. The van der Waals surface area contributed by atoms with Gasteiger partial charge in [-0.15, -0.1) is 0 Å². The highest BCUT2D eigenvalue weighted by Crippen LogP contribution is 2.28. The number of hydrogen-bond donors (Lipinski definition) is 1. The number of oxazole rings is 1. The van der Waals surface area contributed by atoms with Gasteiger partial charge in [-0.3, -0.25) is 14.7 Å². The van der Waals surface area contributed by atoms with Gasteiger partial charge >= 0.3 is 0 Å². The Morgan fingerprint density at radius 2 is 2.25 bits per heavy atom. The Kier molecular flexibility index (Phi) is 5.25. The summed E-state index contributed by atoms with van der Waals surface area (Å²) in [4.78, 5) is 22.3. The normalized spacial score (nSPS) is 18.3. The highest BCUT2D eigenvalue weighted by molar-refractivity contribution is 5.73. The summed E-state index contributed by atoms with van der Waals surface area (Å²) in [5.74, 6) is 1.44. The fourth-order valence-corrected chi connectivity index (χ4v) is 3.46. The van der Waals surface area contributed by atoms with Crippen molar-refractivity contribution in [3.8, 4) is 5.75 Å². The highest BCUT2D eigenvalue weighted by Gasteiger charge is 2.30. The Morgan fingerprint density at radius 1 is 1.39 bits per heavy atom. The van der Waals surface area contributed by atoms with Gasteiger partial charge in [0.05, 0.1) is 18.3 Å². The molecule has 4 rings (SSSR count). The molecule has 7 nitrogen and oxygen atoms in total. The smallest absolute Gasteiger partial charge is 0.217 e. The van der Waals surface area contributed by atoms with Crippen molar-refractivity contribution in [3.05, 3.63) is 54.2 Å². The maximum Gasteiger partial charge on any atom is 0.217 e. The Balaban J connectivity index is 1.37. The maximum absolute atomic E-state index is 11.1. The number of ether oxygens (including phenoxy) is 1. The van der Waals surface area contributed by atoms with Crippen LogP contribution in [0.3, 0.4) is 0 Å². The minimum Gasteiger partial charge on any atom is -0.489 e. The molecule has 1 fully saturated rings. The number of rotatable bonds is 6. The lowest BCUT2D eigenvalue weighted by Gasteiger charge is -2.21. The van der Waals surface area contributed by atoms with Gasteiger partial charge < -0.3 is 14.5 Å². The van der Waals surface area contributed by atoms with E-state index in [2.05, 4.69) is 27.1 Å². The molecule has 1 saturated heterocycles. The molecule has 2 aromatic heterocycles. The first-order valence-electron chi connectivity index (χ1n) is 9.54. The summed E-state index contributed by atoms with van der Waals surface area (Å²) in [6.45, 7) is 5.74. The minimum atomic E-state index is -0.0762. The molecule has 0 spiro atoms. The van der Waals surface area contributed by atoms with Crippen molar-refractivity contribution in [3.63, 3.8) is 0 Å². The van der Waals surface area contributed by atoms with Crippen LogP contribution in [0.15, 0.2) is 47.0 Å². The number of benzene rings is 1. The minimum absolute atomic E-state index is 0.0762. The fourth-order valence-electron chi connectivity index (χ4n) is 3.46. The van der Waals surface area contributed by atoms with Gasteiger partial charge in [0.15, 0.2) is 5.58 Å². The second kappa shape index (κ2) is 7.98. The summed E-state index contributed by atoms with van der Waals surface area (Å²) in [6.07, 6.45) is 2.75. The lowest BCUT2D eigenvalue weighted by atomic mass is 10.3. The molecule has 0 saturated carbocycles. The van der Waals surface area contributed by atoms with Crippen LogP contribution in [0.1, 0.15) is 37.9 Å². The van der Waals surface area contributed by atoms with Crippen LogP contribution in [0.4, 0.5) is 0 Å². The van der Waals surface area contributed by atoms with Crippen LogP contribution in [0, 0.1) is 0 Å². The molecule has 28 heavy (non-hydrogen) atoms. The monoisotopic (exact) mass is 380 g/mol. The van der Waals surface area contributed by atoms with Gasteiger partial charge in [0.25, 0.3) is 0 Å². The Morgan fingerprint density at radius 3 is 3.07 bits per heavy atom. The number of hydrogen-bond acceptors (Lipinski definition) is 6. The molecule has 0 radical (unpaired) electrons. The van der Waals surface area contributed by atoms with Crippen LogP contribution in [0.25, 0.3) is 11.1 Å². The number of para-hydroxylation sites is 2. The van der Waals surface area contributed by atoms with E-state index in [1.165, 1.54) is 6.92 Å². The number of nitrogens with zero attached hydrogens (tertiary/aromatic N) is 3. The number of pyridine rings is 1. The lowest BCUT2D eigenvalue weighted by Crippen LogP contribution is -2.27. The van der Waals surface area contributed by atoms with Gasteiger partial charge in [0.1, 0.15) is 17.4 Å². The Bertz CT molecular complexity index is 938. The zero-order chi connectivity index (χ0) is 19.5. The van der Waals surface area contributed by atoms with Crippen molar-refractivity contribution in [2.75, 3.05) is 13.1 Å². The molecule has 146 valence electrons. The van der Waals surface area contributed by atoms with Crippen molar-refractivity contribution < 1.29 is 13.9 Å². The number of amides is 1. The number of carbonyl (C=O) groups excluding carboxylic acids is 1. The third-order valence-corrected chi connectivity index (χ3v) is 5.00. The zero-order valence-corrected chi connectivity index (χ0v) is 16.1. The van der Waals surface area contributed by atoms with E-state index in [1.54, 1.807) is 6.20 Å². The van der Waals surface area contributed by atoms with Crippen molar-refractivity contribution in [2.45, 2.75) is 39.0 Å². The van der Waals surface area contributed by atoms with E-state index in [4.69, 9.17) is 9.15 Å². The molecule has 7 heteroatoms. The fraction of sp³-hybridized carbons (Fsp3) is 0.381. The van der Waals surface area contributed by atoms with Crippen LogP contribution >= 0.6 is 0 Å². The summed E-state index contributed by atoms with van der Waals surface area (Å²) < 4.78 is 12.1. The second-order valence-corrected chi connectivity index (χ2v) is 7.11. The molecule has 2 atom stereocenters. The third-order valence-electron chi connectivity index (χ3n) is 5.00. The second-order valence-electron chi connectivity index (χ2n) is 7.11. The molecule has 2 unspecified atom stereocenters. The number of fused-ring (bicyclic) bond motifs is 1. The molecule has 3 aromatic rings. The van der Waals surface area contributed by atoms with E-state index in [1.807, 2.05) is 36.4 Å². The van der Waals surface area contributed by atoms with Crippen molar-refractivity contribution in [2.24, 2.45) is 0 Å². The summed E-state index contributed by atoms with van der Waals surface area (Å²) in [5, 5.41) is 2.75. The van der Waals surface area contributed by atoms with Crippen molar-refractivity contribution >= 4 is 17.0 Å². The molecule has 3 heterocycles. The highest BCUT2D eigenvalue weighted by atomic mass is 16.5.